The van der Waals surface area contributed by atoms with Crippen LogP contribution in [-0.2, 0) is 11.2 Å². The Morgan fingerprint density at radius 2 is 2.00 bits per heavy atom. The molecule has 3 rings (SSSR count). The van der Waals surface area contributed by atoms with Gasteiger partial charge in [0.1, 0.15) is 5.82 Å². The first-order valence-corrected chi connectivity index (χ1v) is 7.12. The molecule has 0 saturated carbocycles. The molecule has 0 radical (unpaired) electrons. The number of benzene rings is 1. The molecule has 0 aliphatic carbocycles. The molecule has 106 valence electrons. The van der Waals surface area contributed by atoms with Crippen molar-refractivity contribution in [2.24, 2.45) is 0 Å². The maximum atomic E-state index is 12.2. The Hall–Kier alpha value is -1.88. The highest BCUT2D eigenvalue weighted by atomic mass is 16.2. The lowest BCUT2D eigenvalue weighted by Crippen LogP contribution is -2.47. The SMILES string of the molecule is CN1CCN(C(=O)CCc2nc3ccccc3[nH]2)CC1. The van der Waals surface area contributed by atoms with Gasteiger partial charge in [0.05, 0.1) is 11.0 Å². The van der Waals surface area contributed by atoms with Crippen molar-refractivity contribution in [2.45, 2.75) is 12.8 Å². The second kappa shape index (κ2) is 5.63. The molecule has 5 nitrogen and oxygen atoms in total. The fourth-order valence-electron chi connectivity index (χ4n) is 2.56. The van der Waals surface area contributed by atoms with Gasteiger partial charge in [-0.3, -0.25) is 4.79 Å². The summed E-state index contributed by atoms with van der Waals surface area (Å²) in [4.78, 5) is 24.2. The van der Waals surface area contributed by atoms with Gasteiger partial charge < -0.3 is 14.8 Å². The van der Waals surface area contributed by atoms with E-state index in [9.17, 15) is 4.79 Å². The summed E-state index contributed by atoms with van der Waals surface area (Å²) in [5.74, 6) is 1.13. The molecule has 1 aromatic carbocycles. The number of amides is 1. The summed E-state index contributed by atoms with van der Waals surface area (Å²) in [6.45, 7) is 3.62. The van der Waals surface area contributed by atoms with E-state index in [1.807, 2.05) is 29.2 Å². The first kappa shape index (κ1) is 13.1. The van der Waals surface area contributed by atoms with Crippen molar-refractivity contribution in [3.8, 4) is 0 Å². The van der Waals surface area contributed by atoms with Gasteiger partial charge in [-0.1, -0.05) is 12.1 Å². The molecule has 20 heavy (non-hydrogen) atoms. The number of carbonyl (C=O) groups excluding carboxylic acids is 1. The molecule has 1 saturated heterocycles. The van der Waals surface area contributed by atoms with E-state index in [1.54, 1.807) is 0 Å². The van der Waals surface area contributed by atoms with Crippen molar-refractivity contribution in [2.75, 3.05) is 33.2 Å². The quantitative estimate of drug-likeness (QED) is 0.915. The largest absolute Gasteiger partial charge is 0.342 e. The Labute approximate surface area is 118 Å². The number of nitrogens with zero attached hydrogens (tertiary/aromatic N) is 3. The Morgan fingerprint density at radius 3 is 2.75 bits per heavy atom. The summed E-state index contributed by atoms with van der Waals surface area (Å²) in [6, 6.07) is 7.95. The van der Waals surface area contributed by atoms with Gasteiger partial charge in [-0.05, 0) is 19.2 Å². The van der Waals surface area contributed by atoms with Crippen LogP contribution in [0.5, 0.6) is 0 Å². The summed E-state index contributed by atoms with van der Waals surface area (Å²) in [5, 5.41) is 0. The van der Waals surface area contributed by atoms with Gasteiger partial charge in [-0.15, -0.1) is 0 Å². The van der Waals surface area contributed by atoms with E-state index >= 15 is 0 Å². The molecule has 1 fully saturated rings. The topological polar surface area (TPSA) is 52.2 Å². The minimum atomic E-state index is 0.235. The Kier molecular flexibility index (Phi) is 3.69. The number of H-pyrrole nitrogens is 1. The van der Waals surface area contributed by atoms with E-state index in [-0.39, 0.29) is 5.91 Å². The maximum Gasteiger partial charge on any atom is 0.223 e. The maximum absolute atomic E-state index is 12.2. The molecular formula is C15H20N4O. The first-order chi connectivity index (χ1) is 9.72. The average Bonchev–Trinajstić information content (AvgIpc) is 2.88. The van der Waals surface area contributed by atoms with Crippen molar-refractivity contribution < 1.29 is 4.79 Å². The fourth-order valence-corrected chi connectivity index (χ4v) is 2.56. The molecule has 5 heteroatoms. The van der Waals surface area contributed by atoms with Gasteiger partial charge >= 0.3 is 0 Å². The molecule has 0 atom stereocenters. The van der Waals surface area contributed by atoms with E-state index in [0.717, 1.165) is 43.0 Å². The van der Waals surface area contributed by atoms with Crippen LogP contribution in [0.4, 0.5) is 0 Å². The number of hydrogen-bond donors (Lipinski definition) is 1. The summed E-state index contributed by atoms with van der Waals surface area (Å²) in [7, 11) is 2.09. The molecule has 1 amide bonds. The lowest BCUT2D eigenvalue weighted by Gasteiger charge is -2.32. The molecule has 1 aliphatic heterocycles. The summed E-state index contributed by atoms with van der Waals surface area (Å²) >= 11 is 0. The minimum Gasteiger partial charge on any atom is -0.342 e. The van der Waals surface area contributed by atoms with Crippen molar-refractivity contribution in [3.63, 3.8) is 0 Å². The molecule has 1 aromatic heterocycles. The van der Waals surface area contributed by atoms with Crippen LogP contribution in [0, 0.1) is 0 Å². The number of aromatic nitrogens is 2. The normalized spacial score (nSPS) is 16.8. The highest BCUT2D eigenvalue weighted by Crippen LogP contribution is 2.12. The minimum absolute atomic E-state index is 0.235. The van der Waals surface area contributed by atoms with Gasteiger partial charge in [0.2, 0.25) is 5.91 Å². The van der Waals surface area contributed by atoms with E-state index in [1.165, 1.54) is 0 Å². The second-order valence-corrected chi connectivity index (χ2v) is 5.38. The number of fused-ring (bicyclic) bond motifs is 1. The summed E-state index contributed by atoms with van der Waals surface area (Å²) < 4.78 is 0. The first-order valence-electron chi connectivity index (χ1n) is 7.12. The summed E-state index contributed by atoms with van der Waals surface area (Å²) in [5.41, 5.74) is 2.00. The average molecular weight is 272 g/mol. The summed E-state index contributed by atoms with van der Waals surface area (Å²) in [6.07, 6.45) is 1.21. The Morgan fingerprint density at radius 1 is 1.25 bits per heavy atom. The van der Waals surface area contributed by atoms with E-state index < -0.39 is 0 Å². The number of para-hydroxylation sites is 2. The number of hydrogen-bond acceptors (Lipinski definition) is 3. The number of likely N-dealkylation sites (N-methyl/N-ethyl adjacent to an activating group) is 1. The number of carbonyl (C=O) groups is 1. The Bertz CT molecular complexity index is 566. The highest BCUT2D eigenvalue weighted by molar-refractivity contribution is 5.77. The molecule has 2 aromatic rings. The molecule has 0 unspecified atom stereocenters. The van der Waals surface area contributed by atoms with Crippen LogP contribution in [0.25, 0.3) is 11.0 Å². The number of nitrogens with one attached hydrogen (secondary N) is 1. The zero-order valence-corrected chi connectivity index (χ0v) is 11.8. The van der Waals surface area contributed by atoms with Crippen LogP contribution >= 0.6 is 0 Å². The van der Waals surface area contributed by atoms with E-state index in [0.29, 0.717) is 12.8 Å². The van der Waals surface area contributed by atoms with Crippen LogP contribution in [0.3, 0.4) is 0 Å². The van der Waals surface area contributed by atoms with Crippen molar-refractivity contribution in [1.29, 1.82) is 0 Å². The third-order valence-electron chi connectivity index (χ3n) is 3.87. The molecule has 1 N–H and O–H groups in total. The highest BCUT2D eigenvalue weighted by Gasteiger charge is 2.18. The molecule has 0 spiro atoms. The van der Waals surface area contributed by atoms with Crippen molar-refractivity contribution in [1.82, 2.24) is 19.8 Å². The molecular weight excluding hydrogens is 252 g/mol. The van der Waals surface area contributed by atoms with Gasteiger partial charge in [0, 0.05) is 39.0 Å². The molecule has 2 heterocycles. The van der Waals surface area contributed by atoms with Crippen LogP contribution < -0.4 is 0 Å². The monoisotopic (exact) mass is 272 g/mol. The smallest absolute Gasteiger partial charge is 0.223 e. The second-order valence-electron chi connectivity index (χ2n) is 5.38. The van der Waals surface area contributed by atoms with Crippen LogP contribution in [0.2, 0.25) is 0 Å². The Balaban J connectivity index is 1.57. The van der Waals surface area contributed by atoms with Gasteiger partial charge in [0.15, 0.2) is 0 Å². The lowest BCUT2D eigenvalue weighted by atomic mass is 10.2. The van der Waals surface area contributed by atoms with Crippen LogP contribution in [-0.4, -0.2) is 58.9 Å². The van der Waals surface area contributed by atoms with Crippen LogP contribution in [0.15, 0.2) is 24.3 Å². The number of imidazole rings is 1. The molecule has 1 aliphatic rings. The lowest BCUT2D eigenvalue weighted by molar-refractivity contribution is -0.132. The van der Waals surface area contributed by atoms with Crippen molar-refractivity contribution in [3.05, 3.63) is 30.1 Å². The third-order valence-corrected chi connectivity index (χ3v) is 3.87. The van der Waals surface area contributed by atoms with Crippen molar-refractivity contribution >= 4 is 16.9 Å². The number of rotatable bonds is 3. The zero-order chi connectivity index (χ0) is 13.9. The van der Waals surface area contributed by atoms with E-state index in [2.05, 4.69) is 21.9 Å². The predicted octanol–water partition coefficient (Wildman–Crippen LogP) is 1.27. The van der Waals surface area contributed by atoms with Crippen LogP contribution in [0.1, 0.15) is 12.2 Å². The molecule has 0 bridgehead atoms. The number of aromatic amines is 1. The third kappa shape index (κ3) is 2.82. The van der Waals surface area contributed by atoms with Gasteiger partial charge in [0.25, 0.3) is 0 Å². The number of piperazine rings is 1. The fraction of sp³-hybridized carbons (Fsp3) is 0.467. The van der Waals surface area contributed by atoms with Gasteiger partial charge in [-0.25, -0.2) is 4.98 Å². The predicted molar refractivity (Wildman–Crippen MR) is 78.5 cm³/mol. The number of aryl methyl sites for hydroxylation is 1. The van der Waals surface area contributed by atoms with E-state index in [4.69, 9.17) is 0 Å². The standard InChI is InChI=1S/C15H20N4O/c1-18-8-10-19(11-9-18)15(20)7-6-14-16-12-4-2-3-5-13(12)17-14/h2-5H,6-11H2,1H3,(H,16,17). The zero-order valence-electron chi connectivity index (χ0n) is 11.8. The van der Waals surface area contributed by atoms with Gasteiger partial charge in [-0.2, -0.15) is 0 Å².